The van der Waals surface area contributed by atoms with Gasteiger partial charge in [-0.15, -0.1) is 0 Å². The van der Waals surface area contributed by atoms with E-state index in [4.69, 9.17) is 4.74 Å². The number of esters is 1. The van der Waals surface area contributed by atoms with Gasteiger partial charge in [0.25, 0.3) is 0 Å². The first kappa shape index (κ1) is 12.8. The van der Waals surface area contributed by atoms with Crippen LogP contribution in [0.2, 0.25) is 0 Å². The Morgan fingerprint density at radius 2 is 2.20 bits per heavy atom. The molecule has 0 unspecified atom stereocenters. The van der Waals surface area contributed by atoms with Gasteiger partial charge in [0.1, 0.15) is 11.4 Å². The van der Waals surface area contributed by atoms with Gasteiger partial charge >= 0.3 is 5.97 Å². The van der Waals surface area contributed by atoms with Gasteiger partial charge in [0.05, 0.1) is 24.5 Å². The summed E-state index contributed by atoms with van der Waals surface area (Å²) in [5.41, 5.74) is 3.50. The summed E-state index contributed by atoms with van der Waals surface area (Å²) in [5, 5.41) is 4.37. The zero-order chi connectivity index (χ0) is 14.4. The molecule has 6 nitrogen and oxygen atoms in total. The number of rotatable bonds is 2. The van der Waals surface area contributed by atoms with Crippen LogP contribution in [0.4, 0.5) is 11.5 Å². The number of methoxy groups -OCH3 is 1. The molecule has 1 aliphatic rings. The highest BCUT2D eigenvalue weighted by atomic mass is 16.5. The molecule has 6 heteroatoms. The van der Waals surface area contributed by atoms with Crippen LogP contribution in [-0.2, 0) is 11.2 Å². The number of pyridine rings is 1. The number of carbonyl (C=O) groups is 1. The molecule has 0 fully saturated rings. The lowest BCUT2D eigenvalue weighted by atomic mass is 10.1. The average molecular weight is 274 g/mol. The molecule has 20 heavy (non-hydrogen) atoms. The summed E-state index contributed by atoms with van der Waals surface area (Å²) in [4.78, 5) is 16.4. The summed E-state index contributed by atoms with van der Waals surface area (Å²) in [6.07, 6.45) is 2.61. The SMILES string of the molecule is COC(=O)c1c2c(c(N(C)C)n3nccc13)CCN2C. The van der Waals surface area contributed by atoms with E-state index in [9.17, 15) is 4.79 Å². The molecule has 1 aliphatic heterocycles. The summed E-state index contributed by atoms with van der Waals surface area (Å²) in [7, 11) is 7.40. The second kappa shape index (κ2) is 4.40. The Bertz CT molecular complexity index is 690. The van der Waals surface area contributed by atoms with Crippen molar-refractivity contribution in [3.8, 4) is 0 Å². The van der Waals surface area contributed by atoms with Crippen LogP contribution in [0.3, 0.4) is 0 Å². The number of nitrogens with zero attached hydrogens (tertiary/aromatic N) is 4. The smallest absolute Gasteiger partial charge is 0.342 e. The molecule has 3 rings (SSSR count). The fourth-order valence-corrected chi connectivity index (χ4v) is 2.97. The molecular weight excluding hydrogens is 256 g/mol. The number of ether oxygens (including phenoxy) is 1. The van der Waals surface area contributed by atoms with E-state index < -0.39 is 0 Å². The van der Waals surface area contributed by atoms with Crippen LogP contribution in [0.1, 0.15) is 15.9 Å². The second-order valence-electron chi connectivity index (χ2n) is 5.21. The monoisotopic (exact) mass is 274 g/mol. The number of anilines is 2. The molecule has 0 saturated heterocycles. The quantitative estimate of drug-likeness (QED) is 0.770. The highest BCUT2D eigenvalue weighted by molar-refractivity contribution is 6.05. The highest BCUT2D eigenvalue weighted by Crippen LogP contribution is 2.39. The predicted octanol–water partition coefficient (Wildman–Crippen LogP) is 1.18. The van der Waals surface area contributed by atoms with Crippen LogP contribution >= 0.6 is 0 Å². The third kappa shape index (κ3) is 1.57. The van der Waals surface area contributed by atoms with E-state index in [1.807, 2.05) is 36.6 Å². The zero-order valence-corrected chi connectivity index (χ0v) is 12.2. The van der Waals surface area contributed by atoms with E-state index in [-0.39, 0.29) is 5.97 Å². The lowest BCUT2D eigenvalue weighted by molar-refractivity contribution is 0.0603. The van der Waals surface area contributed by atoms with Crippen molar-refractivity contribution in [2.24, 2.45) is 0 Å². The van der Waals surface area contributed by atoms with Gasteiger partial charge in [-0.2, -0.15) is 5.10 Å². The fraction of sp³-hybridized carbons (Fsp3) is 0.429. The minimum Gasteiger partial charge on any atom is -0.465 e. The second-order valence-corrected chi connectivity index (χ2v) is 5.21. The van der Waals surface area contributed by atoms with Crippen LogP contribution in [-0.4, -0.2) is 50.4 Å². The van der Waals surface area contributed by atoms with Gasteiger partial charge in [-0.25, -0.2) is 9.31 Å². The Kier molecular flexibility index (Phi) is 2.81. The van der Waals surface area contributed by atoms with Gasteiger partial charge in [-0.1, -0.05) is 0 Å². The molecule has 3 heterocycles. The Hall–Kier alpha value is -2.24. The molecule has 2 aromatic rings. The van der Waals surface area contributed by atoms with Crippen molar-refractivity contribution in [1.29, 1.82) is 0 Å². The lowest BCUT2D eigenvalue weighted by Crippen LogP contribution is -2.20. The van der Waals surface area contributed by atoms with Crippen LogP contribution in [0, 0.1) is 0 Å². The number of hydrogen-bond acceptors (Lipinski definition) is 5. The lowest BCUT2D eigenvalue weighted by Gasteiger charge is -2.22. The number of carbonyl (C=O) groups excluding carboxylic acids is 1. The fourth-order valence-electron chi connectivity index (χ4n) is 2.97. The first-order valence-electron chi connectivity index (χ1n) is 6.55. The van der Waals surface area contributed by atoms with Crippen molar-refractivity contribution in [1.82, 2.24) is 9.61 Å². The first-order valence-corrected chi connectivity index (χ1v) is 6.55. The molecule has 0 N–H and O–H groups in total. The molecule has 0 radical (unpaired) electrons. The average Bonchev–Trinajstić information content (AvgIpc) is 3.02. The van der Waals surface area contributed by atoms with Crippen molar-refractivity contribution < 1.29 is 9.53 Å². The number of hydrogen-bond donors (Lipinski definition) is 0. The molecular formula is C14H18N4O2. The van der Waals surface area contributed by atoms with Crippen molar-refractivity contribution in [3.63, 3.8) is 0 Å². The van der Waals surface area contributed by atoms with Crippen LogP contribution in [0.5, 0.6) is 0 Å². The first-order chi connectivity index (χ1) is 9.56. The van der Waals surface area contributed by atoms with E-state index in [2.05, 4.69) is 10.00 Å². The molecule has 0 bridgehead atoms. The Morgan fingerprint density at radius 1 is 1.45 bits per heavy atom. The zero-order valence-electron chi connectivity index (χ0n) is 12.2. The topological polar surface area (TPSA) is 50.1 Å². The van der Waals surface area contributed by atoms with Gasteiger partial charge in [0.2, 0.25) is 0 Å². The van der Waals surface area contributed by atoms with Gasteiger partial charge in [-0.3, -0.25) is 0 Å². The highest BCUT2D eigenvalue weighted by Gasteiger charge is 2.31. The van der Waals surface area contributed by atoms with Crippen molar-refractivity contribution in [3.05, 3.63) is 23.4 Å². The molecule has 2 aromatic heterocycles. The molecule has 106 valence electrons. The number of aromatic nitrogens is 2. The standard InChI is InChI=1S/C14H18N4O2/c1-16(2)13-9-6-8-17(3)12(9)11(14(19)20-4)10-5-7-15-18(10)13/h5,7H,6,8H2,1-4H3. The Labute approximate surface area is 117 Å². The Morgan fingerprint density at radius 3 is 2.85 bits per heavy atom. The summed E-state index contributed by atoms with van der Waals surface area (Å²) in [6, 6.07) is 1.85. The van der Waals surface area contributed by atoms with Crippen molar-refractivity contribution >= 4 is 23.0 Å². The minimum atomic E-state index is -0.314. The minimum absolute atomic E-state index is 0.314. The molecule has 0 aromatic carbocycles. The molecule has 0 aliphatic carbocycles. The van der Waals surface area contributed by atoms with E-state index in [0.29, 0.717) is 5.56 Å². The Balaban J connectivity index is 2.45. The number of likely N-dealkylation sites (N-methyl/N-ethyl adjacent to an activating group) is 1. The maximum absolute atomic E-state index is 12.2. The van der Waals surface area contributed by atoms with E-state index >= 15 is 0 Å². The van der Waals surface area contributed by atoms with Gasteiger partial charge in [0.15, 0.2) is 0 Å². The van der Waals surface area contributed by atoms with E-state index in [0.717, 1.165) is 35.6 Å². The summed E-state index contributed by atoms with van der Waals surface area (Å²) in [5.74, 6) is 0.711. The summed E-state index contributed by atoms with van der Waals surface area (Å²) < 4.78 is 6.79. The number of fused-ring (bicyclic) bond motifs is 2. The molecule has 0 atom stereocenters. The van der Waals surface area contributed by atoms with E-state index in [1.165, 1.54) is 7.11 Å². The van der Waals surface area contributed by atoms with Crippen LogP contribution in [0.15, 0.2) is 12.3 Å². The maximum Gasteiger partial charge on any atom is 0.342 e. The largest absolute Gasteiger partial charge is 0.465 e. The molecule has 0 amide bonds. The van der Waals surface area contributed by atoms with Crippen LogP contribution < -0.4 is 9.80 Å². The predicted molar refractivity (Wildman–Crippen MR) is 77.8 cm³/mol. The normalized spacial score (nSPS) is 13.7. The van der Waals surface area contributed by atoms with Gasteiger partial charge in [-0.05, 0) is 12.5 Å². The van der Waals surface area contributed by atoms with Crippen LogP contribution in [0.25, 0.3) is 5.52 Å². The van der Waals surface area contributed by atoms with Crippen molar-refractivity contribution in [2.75, 3.05) is 44.6 Å². The van der Waals surface area contributed by atoms with Gasteiger partial charge in [0, 0.05) is 33.3 Å². The molecule has 0 spiro atoms. The third-order valence-corrected chi connectivity index (χ3v) is 3.78. The van der Waals surface area contributed by atoms with Crippen molar-refractivity contribution in [2.45, 2.75) is 6.42 Å². The summed E-state index contributed by atoms with van der Waals surface area (Å²) in [6.45, 7) is 0.896. The van der Waals surface area contributed by atoms with Gasteiger partial charge < -0.3 is 14.5 Å². The third-order valence-electron chi connectivity index (χ3n) is 3.78. The molecule has 0 saturated carbocycles. The maximum atomic E-state index is 12.2. The summed E-state index contributed by atoms with van der Waals surface area (Å²) >= 11 is 0. The van der Waals surface area contributed by atoms with E-state index in [1.54, 1.807) is 6.20 Å².